The van der Waals surface area contributed by atoms with E-state index in [1.165, 1.54) is 0 Å². The van der Waals surface area contributed by atoms with Gasteiger partial charge in [0.05, 0.1) is 5.52 Å². The summed E-state index contributed by atoms with van der Waals surface area (Å²) in [6.07, 6.45) is 1.54. The molecule has 0 amide bonds. The highest BCUT2D eigenvalue weighted by Gasteiger charge is 2.16. The number of anilines is 1. The summed E-state index contributed by atoms with van der Waals surface area (Å²) in [6, 6.07) is 10.5. The smallest absolute Gasteiger partial charge is 0.224 e. The van der Waals surface area contributed by atoms with Gasteiger partial charge in [-0.15, -0.1) is 0 Å². The second kappa shape index (κ2) is 6.00. The lowest BCUT2D eigenvalue weighted by Crippen LogP contribution is -2.13. The number of hydrogen-bond acceptors (Lipinski definition) is 4. The molecule has 22 heavy (non-hydrogen) atoms. The topological polar surface area (TPSA) is 66.5 Å². The van der Waals surface area contributed by atoms with Crippen molar-refractivity contribution in [2.24, 2.45) is 0 Å². The zero-order chi connectivity index (χ0) is 15.5. The van der Waals surface area contributed by atoms with E-state index in [0.717, 1.165) is 0 Å². The highest BCUT2D eigenvalue weighted by molar-refractivity contribution is 6.29. The molecule has 0 aliphatic heterocycles. The summed E-state index contributed by atoms with van der Waals surface area (Å²) in [5, 5.41) is 13.0. The summed E-state index contributed by atoms with van der Waals surface area (Å²) < 4.78 is 15.8. The molecule has 0 saturated heterocycles. The SMILES string of the molecule is N#Cc1c(F)c2ccccc2n1CCNc1nccc(Cl)n1. The lowest BCUT2D eigenvalue weighted by atomic mass is 10.2. The van der Waals surface area contributed by atoms with Gasteiger partial charge >= 0.3 is 0 Å². The maximum atomic E-state index is 14.2. The van der Waals surface area contributed by atoms with E-state index >= 15 is 0 Å². The molecular weight excluding hydrogens is 305 g/mol. The Morgan fingerprint density at radius 3 is 2.91 bits per heavy atom. The van der Waals surface area contributed by atoms with Gasteiger partial charge in [-0.2, -0.15) is 5.26 Å². The molecule has 0 radical (unpaired) electrons. The van der Waals surface area contributed by atoms with Crippen LogP contribution in [0.2, 0.25) is 5.15 Å². The van der Waals surface area contributed by atoms with E-state index in [4.69, 9.17) is 11.6 Å². The van der Waals surface area contributed by atoms with Crippen LogP contribution in [-0.4, -0.2) is 21.1 Å². The molecule has 1 aromatic carbocycles. The van der Waals surface area contributed by atoms with Crippen molar-refractivity contribution in [1.29, 1.82) is 5.26 Å². The van der Waals surface area contributed by atoms with Crippen LogP contribution in [0.25, 0.3) is 10.9 Å². The molecule has 3 aromatic rings. The first-order chi connectivity index (χ1) is 10.7. The maximum Gasteiger partial charge on any atom is 0.224 e. The van der Waals surface area contributed by atoms with Crippen LogP contribution in [0.1, 0.15) is 5.69 Å². The van der Waals surface area contributed by atoms with Gasteiger partial charge in [0.25, 0.3) is 0 Å². The molecule has 5 nitrogen and oxygen atoms in total. The first-order valence-electron chi connectivity index (χ1n) is 6.60. The number of hydrogen-bond donors (Lipinski definition) is 1. The van der Waals surface area contributed by atoms with E-state index in [9.17, 15) is 9.65 Å². The van der Waals surface area contributed by atoms with Crippen LogP contribution in [0, 0.1) is 17.1 Å². The zero-order valence-electron chi connectivity index (χ0n) is 11.4. The number of nitrogens with zero attached hydrogens (tertiary/aromatic N) is 4. The van der Waals surface area contributed by atoms with Crippen molar-refractivity contribution in [1.82, 2.24) is 14.5 Å². The number of aromatic nitrogens is 3. The summed E-state index contributed by atoms with van der Waals surface area (Å²) in [6.45, 7) is 0.844. The molecule has 3 rings (SSSR count). The largest absolute Gasteiger partial charge is 0.352 e. The predicted molar refractivity (Wildman–Crippen MR) is 82.1 cm³/mol. The van der Waals surface area contributed by atoms with Crippen LogP contribution in [0.15, 0.2) is 36.5 Å². The summed E-state index contributed by atoms with van der Waals surface area (Å²) in [4.78, 5) is 8.04. The lowest BCUT2D eigenvalue weighted by Gasteiger charge is -2.08. The highest BCUT2D eigenvalue weighted by atomic mass is 35.5. The van der Waals surface area contributed by atoms with Gasteiger partial charge in [-0.05, 0) is 18.2 Å². The van der Waals surface area contributed by atoms with Gasteiger partial charge in [-0.1, -0.05) is 23.7 Å². The molecule has 0 aliphatic carbocycles. The minimum absolute atomic E-state index is 0.0232. The number of nitriles is 1. The maximum absolute atomic E-state index is 14.2. The minimum atomic E-state index is -0.489. The standard InChI is InChI=1S/C15H11ClFN5/c16-13-5-6-19-15(21-13)20-7-8-22-11-4-2-1-3-10(11)14(17)12(22)9-18/h1-6H,7-8H2,(H,19,20,21). The molecule has 0 aliphatic rings. The van der Waals surface area contributed by atoms with Crippen molar-refractivity contribution in [3.05, 3.63) is 53.2 Å². The summed E-state index contributed by atoms with van der Waals surface area (Å²) >= 11 is 5.78. The van der Waals surface area contributed by atoms with Crippen molar-refractivity contribution >= 4 is 28.5 Å². The van der Waals surface area contributed by atoms with Crippen molar-refractivity contribution in [2.45, 2.75) is 6.54 Å². The third kappa shape index (κ3) is 2.59. The van der Waals surface area contributed by atoms with Crippen molar-refractivity contribution < 1.29 is 4.39 Å². The van der Waals surface area contributed by atoms with E-state index in [-0.39, 0.29) is 5.69 Å². The second-order valence-electron chi connectivity index (χ2n) is 4.57. The molecule has 110 valence electrons. The predicted octanol–water partition coefficient (Wildman–Crippen LogP) is 3.21. The van der Waals surface area contributed by atoms with Crippen molar-refractivity contribution in [3.63, 3.8) is 0 Å². The minimum Gasteiger partial charge on any atom is -0.352 e. The molecule has 2 heterocycles. The Morgan fingerprint density at radius 1 is 1.32 bits per heavy atom. The molecule has 0 fully saturated rings. The van der Waals surface area contributed by atoms with Crippen LogP contribution in [0.4, 0.5) is 10.3 Å². The molecule has 0 saturated carbocycles. The Kier molecular flexibility index (Phi) is 3.90. The first-order valence-corrected chi connectivity index (χ1v) is 6.97. The summed E-state index contributed by atoms with van der Waals surface area (Å²) in [5.41, 5.74) is 0.709. The lowest BCUT2D eigenvalue weighted by molar-refractivity contribution is 0.617. The normalized spacial score (nSPS) is 10.6. The number of nitrogens with one attached hydrogen (secondary N) is 1. The van der Waals surface area contributed by atoms with Gasteiger partial charge in [-0.3, -0.25) is 0 Å². The number of fused-ring (bicyclic) bond motifs is 1. The van der Waals surface area contributed by atoms with Crippen molar-refractivity contribution in [3.8, 4) is 6.07 Å². The van der Waals surface area contributed by atoms with E-state index in [0.29, 0.717) is 35.1 Å². The average molecular weight is 316 g/mol. The molecule has 0 atom stereocenters. The Hall–Kier alpha value is -2.65. The quantitative estimate of drug-likeness (QED) is 0.751. The number of rotatable bonds is 4. The first kappa shape index (κ1) is 14.3. The molecule has 1 N–H and O–H groups in total. The zero-order valence-corrected chi connectivity index (χ0v) is 12.2. The van der Waals surface area contributed by atoms with Gasteiger partial charge in [0.15, 0.2) is 11.5 Å². The second-order valence-corrected chi connectivity index (χ2v) is 4.96. The van der Waals surface area contributed by atoms with Gasteiger partial charge in [-0.25, -0.2) is 14.4 Å². The van der Waals surface area contributed by atoms with E-state index in [1.807, 2.05) is 12.1 Å². The molecule has 2 aromatic heterocycles. The van der Waals surface area contributed by atoms with Crippen molar-refractivity contribution in [2.75, 3.05) is 11.9 Å². The van der Waals surface area contributed by atoms with E-state index < -0.39 is 5.82 Å². The van der Waals surface area contributed by atoms with E-state index in [2.05, 4.69) is 15.3 Å². The highest BCUT2D eigenvalue weighted by Crippen LogP contribution is 2.24. The van der Waals surface area contributed by atoms with Gasteiger partial charge in [0.1, 0.15) is 11.2 Å². The van der Waals surface area contributed by atoms with Gasteiger partial charge in [0.2, 0.25) is 5.95 Å². The molecule has 7 heteroatoms. The van der Waals surface area contributed by atoms with E-state index in [1.54, 1.807) is 35.0 Å². The van der Waals surface area contributed by atoms with Crippen LogP contribution >= 0.6 is 11.6 Å². The van der Waals surface area contributed by atoms with Crippen LogP contribution < -0.4 is 5.32 Å². The molecule has 0 unspecified atom stereocenters. The Bertz CT molecular complexity index is 868. The molecular formula is C15H11ClFN5. The average Bonchev–Trinajstić information content (AvgIpc) is 2.80. The third-order valence-corrected chi connectivity index (χ3v) is 3.47. The van der Waals surface area contributed by atoms with Gasteiger partial charge < -0.3 is 9.88 Å². The van der Waals surface area contributed by atoms with Crippen LogP contribution in [0.5, 0.6) is 0 Å². The number of halogens is 2. The summed E-state index contributed by atoms with van der Waals surface area (Å²) in [5.74, 6) is -0.0972. The Morgan fingerprint density at radius 2 is 2.14 bits per heavy atom. The Balaban J connectivity index is 1.84. The monoisotopic (exact) mass is 315 g/mol. The fourth-order valence-electron chi connectivity index (χ4n) is 2.30. The van der Waals surface area contributed by atoms with Crippen LogP contribution in [0.3, 0.4) is 0 Å². The molecule has 0 spiro atoms. The fraction of sp³-hybridized carbons (Fsp3) is 0.133. The van der Waals surface area contributed by atoms with Gasteiger partial charge in [0, 0.05) is 24.7 Å². The summed E-state index contributed by atoms with van der Waals surface area (Å²) in [7, 11) is 0. The Labute approximate surface area is 131 Å². The number of para-hydroxylation sites is 1. The fourth-order valence-corrected chi connectivity index (χ4v) is 2.44. The number of benzene rings is 1. The van der Waals surface area contributed by atoms with Crippen LogP contribution in [-0.2, 0) is 6.54 Å². The molecule has 0 bridgehead atoms. The third-order valence-electron chi connectivity index (χ3n) is 3.26.